The SMILES string of the molecule is C[C@@H]1CC2=C/C(=N/OS(C)(=O)=O)CC[C@]2(C)[C@H]2CC[C@@]3(C)[C@@H](CC[C@]3(C)O)[C@H]12. The molecule has 0 radical (unpaired) electrons. The van der Waals surface area contributed by atoms with Gasteiger partial charge in [-0.15, -0.1) is 0 Å². The van der Waals surface area contributed by atoms with Gasteiger partial charge in [0.15, 0.2) is 0 Å². The summed E-state index contributed by atoms with van der Waals surface area (Å²) < 4.78 is 27.3. The summed E-state index contributed by atoms with van der Waals surface area (Å²) in [5.74, 6) is 2.45. The Bertz CT molecular complexity index is 829. The van der Waals surface area contributed by atoms with Crippen LogP contribution in [0.25, 0.3) is 0 Å². The van der Waals surface area contributed by atoms with Crippen molar-refractivity contribution in [3.63, 3.8) is 0 Å². The fraction of sp³-hybridized carbons (Fsp3) is 0.864. The van der Waals surface area contributed by atoms with Gasteiger partial charge in [-0.25, -0.2) is 0 Å². The lowest BCUT2D eigenvalue weighted by atomic mass is 9.44. The molecule has 0 saturated heterocycles. The standard InChI is InChI=1S/C22H35NO4S/c1-14-12-15-13-16(23-27-28(5,25)26)6-9-20(15,2)17-7-10-21(3)18(19(14)17)8-11-22(21,4)24/h13-14,17-19,24H,6-12H2,1-5H3/b23-16+/t14-,17+,18+,19-,20+,21+,22+/m1/s1. The van der Waals surface area contributed by atoms with Crippen LogP contribution in [0.4, 0.5) is 0 Å². The van der Waals surface area contributed by atoms with Gasteiger partial charge in [0.05, 0.1) is 17.6 Å². The van der Waals surface area contributed by atoms with E-state index in [4.69, 9.17) is 4.28 Å². The second-order valence-electron chi connectivity index (χ2n) is 10.7. The fourth-order valence-corrected chi connectivity index (χ4v) is 7.58. The number of nitrogens with zero attached hydrogens (tertiary/aromatic N) is 1. The summed E-state index contributed by atoms with van der Waals surface area (Å²) >= 11 is 0. The molecule has 3 fully saturated rings. The molecule has 0 aromatic rings. The molecule has 0 heterocycles. The average molecular weight is 410 g/mol. The summed E-state index contributed by atoms with van der Waals surface area (Å²) in [5.41, 5.74) is 1.79. The number of aliphatic hydroxyl groups is 1. The van der Waals surface area contributed by atoms with Gasteiger partial charge in [0, 0.05) is 0 Å². The normalized spacial score (nSPS) is 49.8. The monoisotopic (exact) mass is 409 g/mol. The molecule has 0 bridgehead atoms. The number of allylic oxidation sites excluding steroid dienone is 2. The number of oxime groups is 1. The lowest BCUT2D eigenvalue weighted by molar-refractivity contribution is -0.128. The molecule has 0 aliphatic heterocycles. The second kappa shape index (κ2) is 6.31. The molecule has 0 aromatic heterocycles. The van der Waals surface area contributed by atoms with Crippen molar-refractivity contribution in [2.24, 2.45) is 39.7 Å². The minimum atomic E-state index is -3.57. The maximum absolute atomic E-state index is 11.3. The highest BCUT2D eigenvalue weighted by molar-refractivity contribution is 7.85. The van der Waals surface area contributed by atoms with Crippen LogP contribution in [-0.4, -0.2) is 31.1 Å². The first kappa shape index (κ1) is 20.4. The number of hydrogen-bond donors (Lipinski definition) is 1. The van der Waals surface area contributed by atoms with E-state index in [0.29, 0.717) is 23.7 Å². The summed E-state index contributed by atoms with van der Waals surface area (Å²) in [6.45, 7) is 9.16. The Balaban J connectivity index is 1.65. The van der Waals surface area contributed by atoms with Crippen LogP contribution in [0.15, 0.2) is 16.8 Å². The van der Waals surface area contributed by atoms with E-state index in [9.17, 15) is 13.5 Å². The molecule has 7 atom stereocenters. The third kappa shape index (κ3) is 2.97. The lowest BCUT2D eigenvalue weighted by Gasteiger charge is -2.61. The van der Waals surface area contributed by atoms with Crippen molar-refractivity contribution in [3.8, 4) is 0 Å². The topological polar surface area (TPSA) is 76.0 Å². The van der Waals surface area contributed by atoms with Crippen molar-refractivity contribution in [2.75, 3.05) is 6.26 Å². The van der Waals surface area contributed by atoms with Crippen LogP contribution in [0.3, 0.4) is 0 Å². The summed E-state index contributed by atoms with van der Waals surface area (Å²) in [7, 11) is -3.57. The first-order valence-electron chi connectivity index (χ1n) is 10.8. The van der Waals surface area contributed by atoms with Crippen molar-refractivity contribution in [3.05, 3.63) is 11.6 Å². The van der Waals surface area contributed by atoms with E-state index in [2.05, 4.69) is 38.9 Å². The Kier molecular flexibility index (Phi) is 4.59. The zero-order valence-electron chi connectivity index (χ0n) is 17.9. The van der Waals surface area contributed by atoms with Crippen LogP contribution in [0.2, 0.25) is 0 Å². The molecule has 4 aliphatic carbocycles. The molecule has 5 nitrogen and oxygen atoms in total. The van der Waals surface area contributed by atoms with E-state index < -0.39 is 15.7 Å². The van der Waals surface area contributed by atoms with Gasteiger partial charge >= 0.3 is 10.1 Å². The summed E-state index contributed by atoms with van der Waals surface area (Å²) in [6.07, 6.45) is 10.2. The van der Waals surface area contributed by atoms with Crippen molar-refractivity contribution in [1.29, 1.82) is 0 Å². The molecule has 3 saturated carbocycles. The Morgan fingerprint density at radius 1 is 1.14 bits per heavy atom. The Morgan fingerprint density at radius 3 is 2.50 bits per heavy atom. The van der Waals surface area contributed by atoms with Gasteiger partial charge in [-0.3, -0.25) is 4.28 Å². The smallest absolute Gasteiger partial charge is 0.325 e. The third-order valence-electron chi connectivity index (χ3n) is 9.18. The van der Waals surface area contributed by atoms with Crippen LogP contribution in [-0.2, 0) is 14.4 Å². The van der Waals surface area contributed by atoms with E-state index in [-0.39, 0.29) is 10.8 Å². The minimum Gasteiger partial charge on any atom is -0.390 e. The van der Waals surface area contributed by atoms with E-state index in [1.165, 1.54) is 5.57 Å². The van der Waals surface area contributed by atoms with Crippen molar-refractivity contribution >= 4 is 15.8 Å². The van der Waals surface area contributed by atoms with Crippen LogP contribution >= 0.6 is 0 Å². The zero-order chi connectivity index (χ0) is 20.5. The quantitative estimate of drug-likeness (QED) is 0.691. The van der Waals surface area contributed by atoms with Crippen LogP contribution in [0.1, 0.15) is 72.6 Å². The molecule has 0 unspecified atom stereocenters. The van der Waals surface area contributed by atoms with E-state index in [1.807, 2.05) is 0 Å². The van der Waals surface area contributed by atoms with E-state index in [1.54, 1.807) is 0 Å². The van der Waals surface area contributed by atoms with Gasteiger partial charge < -0.3 is 5.11 Å². The molecular formula is C22H35NO4S. The van der Waals surface area contributed by atoms with Crippen LogP contribution < -0.4 is 0 Å². The van der Waals surface area contributed by atoms with Crippen molar-refractivity contribution in [1.82, 2.24) is 0 Å². The van der Waals surface area contributed by atoms with Gasteiger partial charge in [-0.1, -0.05) is 31.5 Å². The third-order valence-corrected chi connectivity index (χ3v) is 9.52. The molecule has 0 aromatic carbocycles. The number of rotatable bonds is 2. The highest BCUT2D eigenvalue weighted by Crippen LogP contribution is 2.68. The Labute approximate surface area is 169 Å². The van der Waals surface area contributed by atoms with E-state index in [0.717, 1.165) is 56.9 Å². The molecule has 6 heteroatoms. The first-order chi connectivity index (χ1) is 12.9. The number of fused-ring (bicyclic) bond motifs is 5. The van der Waals surface area contributed by atoms with Crippen LogP contribution in [0.5, 0.6) is 0 Å². The van der Waals surface area contributed by atoms with Gasteiger partial charge in [-0.2, -0.15) is 8.42 Å². The fourth-order valence-electron chi connectivity index (χ4n) is 7.35. The minimum absolute atomic E-state index is 0.0324. The molecule has 4 aliphatic rings. The molecule has 158 valence electrons. The molecule has 4 rings (SSSR count). The number of hydrogen-bond acceptors (Lipinski definition) is 5. The Hall–Kier alpha value is -0.880. The predicted molar refractivity (Wildman–Crippen MR) is 110 cm³/mol. The maximum atomic E-state index is 11.3. The molecule has 1 N–H and O–H groups in total. The second-order valence-corrected chi connectivity index (χ2v) is 12.2. The highest BCUT2D eigenvalue weighted by atomic mass is 32.2. The first-order valence-corrected chi connectivity index (χ1v) is 12.6. The van der Waals surface area contributed by atoms with Gasteiger partial charge in [0.25, 0.3) is 0 Å². The summed E-state index contributed by atoms with van der Waals surface area (Å²) in [4.78, 5) is 0. The predicted octanol–water partition coefficient (Wildman–Crippen LogP) is 4.28. The van der Waals surface area contributed by atoms with Gasteiger partial charge in [0.1, 0.15) is 0 Å². The Morgan fingerprint density at radius 2 is 1.82 bits per heavy atom. The maximum Gasteiger partial charge on any atom is 0.325 e. The van der Waals surface area contributed by atoms with Gasteiger partial charge in [0.2, 0.25) is 0 Å². The summed E-state index contributed by atoms with van der Waals surface area (Å²) in [5, 5.41) is 15.0. The van der Waals surface area contributed by atoms with Gasteiger partial charge in [-0.05, 0) is 92.4 Å². The zero-order valence-corrected chi connectivity index (χ0v) is 18.7. The van der Waals surface area contributed by atoms with Crippen LogP contribution in [0, 0.1) is 34.5 Å². The van der Waals surface area contributed by atoms with Crippen molar-refractivity contribution in [2.45, 2.75) is 78.2 Å². The molecule has 0 spiro atoms. The lowest BCUT2D eigenvalue weighted by Crippen LogP contribution is -2.56. The summed E-state index contributed by atoms with van der Waals surface area (Å²) in [6, 6.07) is 0. The highest BCUT2D eigenvalue weighted by Gasteiger charge is 2.63. The molecular weight excluding hydrogens is 374 g/mol. The average Bonchev–Trinajstić information content (AvgIpc) is 2.83. The largest absolute Gasteiger partial charge is 0.390 e. The molecule has 0 amide bonds. The molecule has 28 heavy (non-hydrogen) atoms. The van der Waals surface area contributed by atoms with E-state index >= 15 is 0 Å². The van der Waals surface area contributed by atoms with Crippen molar-refractivity contribution < 1.29 is 17.8 Å².